The van der Waals surface area contributed by atoms with Gasteiger partial charge in [0, 0.05) is 43.9 Å². The maximum atomic E-state index is 12.1. The topological polar surface area (TPSA) is 29.5 Å². The Morgan fingerprint density at radius 2 is 2.20 bits per heavy atom. The zero-order valence-electron chi connectivity index (χ0n) is 12.1. The van der Waals surface area contributed by atoms with E-state index in [9.17, 15) is 4.79 Å². The van der Waals surface area contributed by atoms with Crippen molar-refractivity contribution in [3.8, 4) is 0 Å². The molecule has 3 nitrogen and oxygen atoms in total. The first kappa shape index (κ1) is 15.4. The first-order valence-corrected chi connectivity index (χ1v) is 8.24. The average Bonchev–Trinajstić information content (AvgIpc) is 2.49. The molecule has 0 spiro atoms. The van der Waals surface area contributed by atoms with E-state index in [-0.39, 0.29) is 5.91 Å². The maximum absolute atomic E-state index is 12.1. The number of nitrogens with zero attached hydrogens (tertiary/aromatic N) is 1. The van der Waals surface area contributed by atoms with Crippen LogP contribution in [0.5, 0.6) is 0 Å². The lowest BCUT2D eigenvalue weighted by atomic mass is 9.98. The molecule has 20 heavy (non-hydrogen) atoms. The number of rotatable bonds is 6. The molecular formula is C16H23NO2S. The van der Waals surface area contributed by atoms with Crippen molar-refractivity contribution in [3.63, 3.8) is 0 Å². The van der Waals surface area contributed by atoms with Crippen LogP contribution in [0, 0.1) is 5.92 Å². The summed E-state index contributed by atoms with van der Waals surface area (Å²) >= 11 is 1.79. The molecule has 2 rings (SSSR count). The van der Waals surface area contributed by atoms with E-state index in [4.69, 9.17) is 4.74 Å². The highest BCUT2D eigenvalue weighted by molar-refractivity contribution is 7.99. The lowest BCUT2D eigenvalue weighted by molar-refractivity contribution is -0.131. The molecule has 0 unspecified atom stereocenters. The minimum atomic E-state index is 0.245. The van der Waals surface area contributed by atoms with Crippen LogP contribution in [0.1, 0.15) is 19.3 Å². The van der Waals surface area contributed by atoms with Crippen molar-refractivity contribution in [1.82, 2.24) is 4.90 Å². The van der Waals surface area contributed by atoms with Gasteiger partial charge in [0.1, 0.15) is 0 Å². The molecule has 0 saturated carbocycles. The van der Waals surface area contributed by atoms with Crippen molar-refractivity contribution >= 4 is 17.7 Å². The molecule has 1 heterocycles. The normalized spacial score (nSPS) is 18.8. The fourth-order valence-electron chi connectivity index (χ4n) is 2.31. The second kappa shape index (κ2) is 8.32. The van der Waals surface area contributed by atoms with Crippen molar-refractivity contribution < 1.29 is 9.53 Å². The van der Waals surface area contributed by atoms with E-state index >= 15 is 0 Å². The molecule has 1 aromatic carbocycles. The highest BCUT2D eigenvalue weighted by atomic mass is 32.2. The van der Waals surface area contributed by atoms with Crippen LogP contribution in [0.3, 0.4) is 0 Å². The van der Waals surface area contributed by atoms with E-state index in [1.54, 1.807) is 11.8 Å². The van der Waals surface area contributed by atoms with E-state index in [0.717, 1.165) is 38.4 Å². The zero-order chi connectivity index (χ0) is 14.2. The molecule has 0 N–H and O–H groups in total. The molecule has 0 bridgehead atoms. The summed E-state index contributed by atoms with van der Waals surface area (Å²) in [6, 6.07) is 10.3. The number of thioether (sulfide) groups is 1. The van der Waals surface area contributed by atoms with Crippen molar-refractivity contribution in [2.45, 2.75) is 24.2 Å². The van der Waals surface area contributed by atoms with Gasteiger partial charge in [-0.1, -0.05) is 18.2 Å². The second-order valence-electron chi connectivity index (χ2n) is 5.26. The van der Waals surface area contributed by atoms with Crippen molar-refractivity contribution in [2.75, 3.05) is 32.6 Å². The van der Waals surface area contributed by atoms with Crippen LogP contribution in [-0.4, -0.2) is 43.4 Å². The molecule has 1 atom stereocenters. The van der Waals surface area contributed by atoms with Gasteiger partial charge in [-0.2, -0.15) is 0 Å². The van der Waals surface area contributed by atoms with Crippen LogP contribution in [0.2, 0.25) is 0 Å². The van der Waals surface area contributed by atoms with Crippen LogP contribution >= 0.6 is 11.8 Å². The third-order valence-electron chi connectivity index (χ3n) is 3.58. The summed E-state index contributed by atoms with van der Waals surface area (Å²) < 4.78 is 5.43. The number of benzene rings is 1. The monoisotopic (exact) mass is 293 g/mol. The first-order valence-electron chi connectivity index (χ1n) is 7.25. The second-order valence-corrected chi connectivity index (χ2v) is 6.43. The van der Waals surface area contributed by atoms with E-state index in [2.05, 4.69) is 12.1 Å². The Hall–Kier alpha value is -1.00. The number of hydrogen-bond donors (Lipinski definition) is 0. The van der Waals surface area contributed by atoms with Gasteiger partial charge in [-0.15, -0.1) is 11.8 Å². The molecule has 0 aromatic heterocycles. The molecule has 0 radical (unpaired) electrons. The van der Waals surface area contributed by atoms with Gasteiger partial charge < -0.3 is 9.64 Å². The Labute approximate surface area is 125 Å². The van der Waals surface area contributed by atoms with Gasteiger partial charge >= 0.3 is 0 Å². The molecule has 1 aromatic rings. The largest absolute Gasteiger partial charge is 0.381 e. The van der Waals surface area contributed by atoms with Gasteiger partial charge in [0.05, 0.1) is 0 Å². The number of hydrogen-bond acceptors (Lipinski definition) is 3. The van der Waals surface area contributed by atoms with Gasteiger partial charge in [0.2, 0.25) is 5.91 Å². The lowest BCUT2D eigenvalue weighted by Crippen LogP contribution is -2.32. The van der Waals surface area contributed by atoms with E-state index in [1.165, 1.54) is 4.90 Å². The highest BCUT2D eigenvalue weighted by Gasteiger charge is 2.19. The van der Waals surface area contributed by atoms with Crippen molar-refractivity contribution in [3.05, 3.63) is 30.3 Å². The first-order chi connectivity index (χ1) is 9.75. The number of amides is 1. The maximum Gasteiger partial charge on any atom is 0.222 e. The molecular weight excluding hydrogens is 270 g/mol. The SMILES string of the molecule is CN(CCSc1ccccc1)C(=O)C[C@@H]1CCCOC1. The lowest BCUT2D eigenvalue weighted by Gasteiger charge is -2.24. The molecule has 1 aliphatic rings. The van der Waals surface area contributed by atoms with Gasteiger partial charge in [-0.3, -0.25) is 4.79 Å². The van der Waals surface area contributed by atoms with Crippen LogP contribution in [0.15, 0.2) is 35.2 Å². The molecule has 1 saturated heterocycles. The van der Waals surface area contributed by atoms with Crippen LogP contribution in [0.25, 0.3) is 0 Å². The number of ether oxygens (including phenoxy) is 1. The minimum absolute atomic E-state index is 0.245. The smallest absolute Gasteiger partial charge is 0.222 e. The van der Waals surface area contributed by atoms with Crippen LogP contribution in [-0.2, 0) is 9.53 Å². The summed E-state index contributed by atoms with van der Waals surface area (Å²) in [6.45, 7) is 2.40. The fourth-order valence-corrected chi connectivity index (χ4v) is 3.26. The summed E-state index contributed by atoms with van der Waals surface area (Å²) in [4.78, 5) is 15.2. The summed E-state index contributed by atoms with van der Waals surface area (Å²) in [7, 11) is 1.90. The zero-order valence-corrected chi connectivity index (χ0v) is 12.9. The van der Waals surface area contributed by atoms with Crippen LogP contribution in [0.4, 0.5) is 0 Å². The third-order valence-corrected chi connectivity index (χ3v) is 4.57. The van der Waals surface area contributed by atoms with Gasteiger partial charge in [0.25, 0.3) is 0 Å². The van der Waals surface area contributed by atoms with Crippen molar-refractivity contribution in [2.24, 2.45) is 5.92 Å². The Balaban J connectivity index is 1.65. The predicted octanol–water partition coefficient (Wildman–Crippen LogP) is 3.05. The van der Waals surface area contributed by atoms with E-state index in [1.807, 2.05) is 30.1 Å². The molecule has 1 fully saturated rings. The summed E-state index contributed by atoms with van der Waals surface area (Å²) in [5.41, 5.74) is 0. The Bertz CT molecular complexity index is 404. The van der Waals surface area contributed by atoms with Gasteiger partial charge in [-0.25, -0.2) is 0 Å². The minimum Gasteiger partial charge on any atom is -0.381 e. The van der Waals surface area contributed by atoms with Gasteiger partial charge in [-0.05, 0) is 30.9 Å². The molecule has 110 valence electrons. The summed E-state index contributed by atoms with van der Waals surface area (Å²) in [5, 5.41) is 0. The predicted molar refractivity (Wildman–Crippen MR) is 83.0 cm³/mol. The number of carbonyl (C=O) groups is 1. The number of carbonyl (C=O) groups excluding carboxylic acids is 1. The Morgan fingerprint density at radius 1 is 1.40 bits per heavy atom. The summed E-state index contributed by atoms with van der Waals surface area (Å²) in [6.07, 6.45) is 2.84. The quantitative estimate of drug-likeness (QED) is 0.755. The Morgan fingerprint density at radius 3 is 2.90 bits per heavy atom. The van der Waals surface area contributed by atoms with Crippen molar-refractivity contribution in [1.29, 1.82) is 0 Å². The fraction of sp³-hybridized carbons (Fsp3) is 0.562. The molecule has 1 amide bonds. The third kappa shape index (κ3) is 5.17. The van der Waals surface area contributed by atoms with Gasteiger partial charge in [0.15, 0.2) is 0 Å². The molecule has 4 heteroatoms. The van der Waals surface area contributed by atoms with Crippen LogP contribution < -0.4 is 0 Å². The molecule has 0 aliphatic carbocycles. The molecule has 1 aliphatic heterocycles. The standard InChI is InChI=1S/C16H23NO2S/c1-17(9-11-20-15-7-3-2-4-8-15)16(18)12-14-6-5-10-19-13-14/h2-4,7-8,14H,5-6,9-13H2,1H3/t14-/m0/s1. The highest BCUT2D eigenvalue weighted by Crippen LogP contribution is 2.19. The van der Waals surface area contributed by atoms with E-state index < -0.39 is 0 Å². The Kier molecular flexibility index (Phi) is 6.40. The average molecular weight is 293 g/mol. The van der Waals surface area contributed by atoms with E-state index in [0.29, 0.717) is 12.3 Å². The summed E-state index contributed by atoms with van der Waals surface area (Å²) in [5.74, 6) is 1.60.